The quantitative estimate of drug-likeness (QED) is 0.346. The second-order valence-corrected chi connectivity index (χ2v) is 16.1. The van der Waals surface area contributed by atoms with Crippen LogP contribution in [0.15, 0.2) is 82.8 Å². The van der Waals surface area contributed by atoms with Crippen LogP contribution in [0.3, 0.4) is 0 Å². The zero-order valence-corrected chi connectivity index (χ0v) is 28.1. The maximum atomic E-state index is 13.2. The second-order valence-electron chi connectivity index (χ2n) is 16.1. The summed E-state index contributed by atoms with van der Waals surface area (Å²) in [4.78, 5) is 30.6. The highest BCUT2D eigenvalue weighted by atomic mass is 16.5. The smallest absolute Gasteiger partial charge is 0.309 e. The fourth-order valence-electron chi connectivity index (χ4n) is 11.0. The number of allylic oxidation sites excluding steroid dienone is 7. The van der Waals surface area contributed by atoms with E-state index in [2.05, 4.69) is 44.8 Å². The molecule has 3 fully saturated rings. The maximum Gasteiger partial charge on any atom is 0.309 e. The molecule has 1 aromatic carbocycles. The van der Waals surface area contributed by atoms with Gasteiger partial charge in [-0.05, 0) is 116 Å². The lowest BCUT2D eigenvalue weighted by atomic mass is 9.32. The number of aliphatic hydroxyl groups is 1. The van der Waals surface area contributed by atoms with Gasteiger partial charge in [0.15, 0.2) is 5.76 Å². The van der Waals surface area contributed by atoms with E-state index < -0.39 is 11.4 Å². The third-order valence-corrected chi connectivity index (χ3v) is 14.0. The summed E-state index contributed by atoms with van der Waals surface area (Å²) >= 11 is 0. The fraction of sp³-hybridized carbons (Fsp3) is 0.525. The molecule has 46 heavy (non-hydrogen) atoms. The first-order valence-corrected chi connectivity index (χ1v) is 17.0. The molecule has 3 saturated carbocycles. The zero-order valence-electron chi connectivity index (χ0n) is 28.1. The summed E-state index contributed by atoms with van der Waals surface area (Å²) in [5, 5.41) is 22.3. The number of nitrogens with zero attached hydrogens (tertiary/aromatic N) is 1. The molecule has 2 N–H and O–H groups in total. The molecule has 7 atom stereocenters. The molecule has 6 heteroatoms. The Hall–Kier alpha value is -3.67. The van der Waals surface area contributed by atoms with Crippen LogP contribution in [0, 0.1) is 38.9 Å². The Labute approximate surface area is 272 Å². The van der Waals surface area contributed by atoms with Gasteiger partial charge in [0.2, 0.25) is 5.78 Å². The highest BCUT2D eigenvalue weighted by Gasteiger charge is 2.69. The summed E-state index contributed by atoms with van der Waals surface area (Å²) in [6.45, 7) is 13.8. The number of fused-ring (bicyclic) bond motifs is 8. The maximum absolute atomic E-state index is 13.2. The van der Waals surface area contributed by atoms with Crippen molar-refractivity contribution in [2.45, 2.75) is 86.5 Å². The molecule has 6 nitrogen and oxygen atoms in total. The van der Waals surface area contributed by atoms with Gasteiger partial charge in [0, 0.05) is 16.4 Å². The number of ether oxygens (including phenoxy) is 1. The first-order valence-electron chi connectivity index (χ1n) is 17.0. The number of pyridine rings is 1. The first kappa shape index (κ1) is 31.0. The number of para-hydroxylation sites is 1. The van der Waals surface area contributed by atoms with Gasteiger partial charge in [0.05, 0.1) is 23.7 Å². The predicted octanol–water partition coefficient (Wildman–Crippen LogP) is 8.94. The van der Waals surface area contributed by atoms with Gasteiger partial charge in [-0.2, -0.15) is 0 Å². The molecule has 1 heterocycles. The van der Waals surface area contributed by atoms with Crippen LogP contribution < -0.4 is 4.74 Å². The Morgan fingerprint density at radius 3 is 2.50 bits per heavy atom. The molecule has 0 bridgehead atoms. The van der Waals surface area contributed by atoms with E-state index in [1.165, 1.54) is 5.57 Å². The topological polar surface area (TPSA) is 96.7 Å². The molecular formula is C40H47NO5. The number of hydrogen-bond donors (Lipinski definition) is 2. The van der Waals surface area contributed by atoms with Crippen LogP contribution >= 0.6 is 0 Å². The van der Waals surface area contributed by atoms with Crippen molar-refractivity contribution in [3.63, 3.8) is 0 Å². The monoisotopic (exact) mass is 621 g/mol. The number of carboxylic acid groups (broad SMARTS) is 1. The van der Waals surface area contributed by atoms with Crippen molar-refractivity contribution in [1.29, 1.82) is 0 Å². The largest absolute Gasteiger partial charge is 0.504 e. The third-order valence-electron chi connectivity index (χ3n) is 14.0. The average molecular weight is 622 g/mol. The summed E-state index contributed by atoms with van der Waals surface area (Å²) in [7, 11) is 0. The number of carbonyl (C=O) groups excluding carboxylic acids is 1. The minimum absolute atomic E-state index is 0.0214. The highest BCUT2D eigenvalue weighted by Crippen LogP contribution is 2.76. The number of hydrogen-bond acceptors (Lipinski definition) is 5. The van der Waals surface area contributed by atoms with E-state index in [-0.39, 0.29) is 45.0 Å². The van der Waals surface area contributed by atoms with E-state index in [0.717, 1.165) is 54.2 Å². The van der Waals surface area contributed by atoms with Crippen molar-refractivity contribution < 1.29 is 24.5 Å². The molecule has 5 aliphatic carbocycles. The van der Waals surface area contributed by atoms with Crippen molar-refractivity contribution in [3.05, 3.63) is 82.8 Å². The predicted molar refractivity (Wildman–Crippen MR) is 179 cm³/mol. The van der Waals surface area contributed by atoms with E-state index in [4.69, 9.17) is 4.74 Å². The molecule has 0 aliphatic heterocycles. The van der Waals surface area contributed by atoms with Gasteiger partial charge in [0.1, 0.15) is 5.75 Å². The normalized spacial score (nSPS) is 38.5. The van der Waals surface area contributed by atoms with Gasteiger partial charge in [-0.15, -0.1) is 0 Å². The Morgan fingerprint density at radius 2 is 1.74 bits per heavy atom. The standard InChI is InChI=1S/C40H47NO5/c1-24-27-11-12-32-37(3,29(27)22-31(42)33(24)43)17-19-40(6)34-28(13-20-46-26-21-25-9-7-8-10-30(25)41-23-26)38(4,35(44)45)16-14-36(34,2)15-18-39(32,40)5/h7-12,21-23,28,34,43H,13-20H2,1-6H3,(H,44,45)/t28?,34-,36-,37+,38-,39-,40+/m1/s1. The number of aliphatic carboxylic acids is 1. The van der Waals surface area contributed by atoms with Gasteiger partial charge in [0.25, 0.3) is 0 Å². The molecule has 242 valence electrons. The average Bonchev–Trinajstić information content (AvgIpc) is 3.03. The van der Waals surface area contributed by atoms with Crippen LogP contribution in [0.1, 0.15) is 86.5 Å². The van der Waals surface area contributed by atoms with Gasteiger partial charge in [-0.25, -0.2) is 0 Å². The highest BCUT2D eigenvalue weighted by molar-refractivity contribution is 6.06. The summed E-state index contributed by atoms with van der Waals surface area (Å²) in [6, 6.07) is 10.00. The number of rotatable bonds is 5. The lowest BCUT2D eigenvalue weighted by molar-refractivity contribution is -0.205. The Balaban J connectivity index is 1.27. The van der Waals surface area contributed by atoms with E-state index in [0.29, 0.717) is 30.8 Å². The van der Waals surface area contributed by atoms with Crippen LogP contribution in [0.5, 0.6) is 5.75 Å². The molecule has 1 aromatic heterocycles. The minimum atomic E-state index is -0.858. The molecule has 0 spiro atoms. The molecule has 5 aliphatic rings. The van der Waals surface area contributed by atoms with Crippen molar-refractivity contribution >= 4 is 22.7 Å². The number of carbonyl (C=O) groups is 2. The molecule has 1 unspecified atom stereocenters. The first-order chi connectivity index (χ1) is 21.7. The number of aromatic nitrogens is 1. The van der Waals surface area contributed by atoms with E-state index in [9.17, 15) is 19.8 Å². The zero-order chi connectivity index (χ0) is 32.9. The van der Waals surface area contributed by atoms with Crippen molar-refractivity contribution in [2.75, 3.05) is 6.61 Å². The molecular weight excluding hydrogens is 574 g/mol. The number of benzene rings is 1. The van der Waals surface area contributed by atoms with Crippen LogP contribution in [-0.4, -0.2) is 33.6 Å². The lowest BCUT2D eigenvalue weighted by Crippen LogP contribution is -2.65. The summed E-state index contributed by atoms with van der Waals surface area (Å²) in [5.74, 6) is -0.359. The SMILES string of the molecule is CC1=C(O)C(=O)C=C2C1=CC=C1[C@@]2(C)CC[C@@]2(C)[C@@H]3C(CCOc4cnc5ccccc5c4)[C@](C)(C(=O)O)CC[C@]3(C)CC[C@]12C. The Kier molecular flexibility index (Phi) is 6.84. The van der Waals surface area contributed by atoms with Gasteiger partial charge in [-0.1, -0.05) is 63.6 Å². The van der Waals surface area contributed by atoms with Gasteiger partial charge in [-0.3, -0.25) is 14.6 Å². The summed E-state index contributed by atoms with van der Waals surface area (Å²) < 4.78 is 6.35. The molecule has 7 rings (SSSR count). The van der Waals surface area contributed by atoms with Crippen LogP contribution in [-0.2, 0) is 9.59 Å². The van der Waals surface area contributed by atoms with E-state index in [1.54, 1.807) is 12.3 Å². The Morgan fingerprint density at radius 1 is 1.00 bits per heavy atom. The number of carboxylic acids is 1. The molecule has 0 saturated heterocycles. The van der Waals surface area contributed by atoms with Crippen LogP contribution in [0.4, 0.5) is 0 Å². The molecule has 0 amide bonds. The van der Waals surface area contributed by atoms with Crippen molar-refractivity contribution in [1.82, 2.24) is 4.98 Å². The van der Waals surface area contributed by atoms with E-state index >= 15 is 0 Å². The van der Waals surface area contributed by atoms with Crippen LogP contribution in [0.25, 0.3) is 10.9 Å². The van der Waals surface area contributed by atoms with Gasteiger partial charge < -0.3 is 14.9 Å². The summed E-state index contributed by atoms with van der Waals surface area (Å²) in [6.07, 6.45) is 13.9. The fourth-order valence-corrected chi connectivity index (χ4v) is 11.0. The van der Waals surface area contributed by atoms with Crippen molar-refractivity contribution in [3.8, 4) is 5.75 Å². The lowest BCUT2D eigenvalue weighted by Gasteiger charge is -2.71. The van der Waals surface area contributed by atoms with Crippen LogP contribution in [0.2, 0.25) is 0 Å². The van der Waals surface area contributed by atoms with E-state index in [1.807, 2.05) is 44.2 Å². The number of aliphatic hydroxyl groups excluding tert-OH is 1. The van der Waals surface area contributed by atoms with Gasteiger partial charge >= 0.3 is 5.97 Å². The Bertz CT molecular complexity index is 1800. The second kappa shape index (κ2) is 10.2. The molecule has 2 aromatic rings. The van der Waals surface area contributed by atoms with Crippen molar-refractivity contribution in [2.24, 2.45) is 38.9 Å². The molecule has 0 radical (unpaired) electrons. The third kappa shape index (κ3) is 4.10. The number of ketones is 1. The summed E-state index contributed by atoms with van der Waals surface area (Å²) in [5.41, 5.74) is 3.41. The minimum Gasteiger partial charge on any atom is -0.504 e.